The minimum atomic E-state index is -0.286. The van der Waals surface area contributed by atoms with Crippen LogP contribution in [0.2, 0.25) is 0 Å². The van der Waals surface area contributed by atoms with Gasteiger partial charge in [0.1, 0.15) is 0 Å². The van der Waals surface area contributed by atoms with Gasteiger partial charge in [0.15, 0.2) is 0 Å². The van der Waals surface area contributed by atoms with Crippen molar-refractivity contribution in [2.24, 2.45) is 28.1 Å². The number of aliphatic hydroxyl groups is 2. The lowest BCUT2D eigenvalue weighted by molar-refractivity contribution is -0.0923. The zero-order chi connectivity index (χ0) is 12.5. The fraction of sp³-hybridized carbons (Fsp3) is 1.00. The van der Waals surface area contributed by atoms with Crippen molar-refractivity contribution in [3.05, 3.63) is 0 Å². The molecule has 5 atom stereocenters. The Kier molecular flexibility index (Phi) is 2.30. The normalized spacial score (nSPS) is 55.9. The molecule has 0 aliphatic heterocycles. The molecule has 3 rings (SSSR count). The maximum absolute atomic E-state index is 10.8. The first kappa shape index (κ1) is 12.0. The smallest absolute Gasteiger partial charge is 0.0659 e. The van der Waals surface area contributed by atoms with Crippen LogP contribution in [0.4, 0.5) is 0 Å². The van der Waals surface area contributed by atoms with E-state index in [9.17, 15) is 10.2 Å². The minimum absolute atomic E-state index is 0.174. The lowest BCUT2D eigenvalue weighted by Gasteiger charge is -2.45. The molecule has 0 aromatic carbocycles. The molecular weight excluding hydrogens is 212 g/mol. The van der Waals surface area contributed by atoms with E-state index >= 15 is 0 Å². The fourth-order valence-electron chi connectivity index (χ4n) is 5.85. The van der Waals surface area contributed by atoms with Gasteiger partial charge < -0.3 is 10.2 Å². The molecule has 0 aromatic rings. The largest absolute Gasteiger partial charge is 0.396 e. The van der Waals surface area contributed by atoms with Gasteiger partial charge in [-0.3, -0.25) is 0 Å². The highest BCUT2D eigenvalue weighted by atomic mass is 16.3. The summed E-state index contributed by atoms with van der Waals surface area (Å²) in [6.45, 7) is 7.15. The Morgan fingerprint density at radius 3 is 2.47 bits per heavy atom. The molecule has 0 aromatic heterocycles. The van der Waals surface area contributed by atoms with E-state index in [0.29, 0.717) is 11.8 Å². The molecule has 3 aliphatic carbocycles. The quantitative estimate of drug-likeness (QED) is 0.737. The number of hydrogen-bond donors (Lipinski definition) is 2. The average Bonchev–Trinajstić information content (AvgIpc) is 2.58. The molecule has 0 saturated heterocycles. The van der Waals surface area contributed by atoms with Crippen LogP contribution in [0.1, 0.15) is 52.9 Å². The molecule has 17 heavy (non-hydrogen) atoms. The molecule has 0 radical (unpaired) electrons. The van der Waals surface area contributed by atoms with Crippen molar-refractivity contribution in [2.75, 3.05) is 6.61 Å². The van der Waals surface area contributed by atoms with E-state index < -0.39 is 0 Å². The summed E-state index contributed by atoms with van der Waals surface area (Å²) in [6, 6.07) is 0. The highest BCUT2D eigenvalue weighted by molar-refractivity contribution is 5.20. The number of hydrogen-bond acceptors (Lipinski definition) is 2. The molecule has 2 N–H and O–H groups in total. The summed E-state index contributed by atoms with van der Waals surface area (Å²) in [4.78, 5) is 0. The summed E-state index contributed by atoms with van der Waals surface area (Å²) in [5.74, 6) is 1.03. The molecule has 4 bridgehead atoms. The van der Waals surface area contributed by atoms with E-state index in [4.69, 9.17) is 0 Å². The molecule has 0 unspecified atom stereocenters. The van der Waals surface area contributed by atoms with Gasteiger partial charge in [0, 0.05) is 5.41 Å². The van der Waals surface area contributed by atoms with Crippen LogP contribution in [-0.4, -0.2) is 22.9 Å². The summed E-state index contributed by atoms with van der Waals surface area (Å²) < 4.78 is 0. The Hall–Kier alpha value is -0.0800. The predicted molar refractivity (Wildman–Crippen MR) is 67.5 cm³/mol. The van der Waals surface area contributed by atoms with Crippen molar-refractivity contribution in [3.63, 3.8) is 0 Å². The van der Waals surface area contributed by atoms with Gasteiger partial charge in [-0.15, -0.1) is 0 Å². The molecule has 2 heteroatoms. The maximum Gasteiger partial charge on any atom is 0.0659 e. The minimum Gasteiger partial charge on any atom is -0.396 e. The fourth-order valence-corrected chi connectivity index (χ4v) is 5.85. The zero-order valence-electron chi connectivity index (χ0n) is 11.4. The van der Waals surface area contributed by atoms with Gasteiger partial charge in [0.25, 0.3) is 0 Å². The molecule has 3 aliphatic rings. The number of aliphatic hydroxyl groups excluding tert-OH is 2. The highest BCUT2D eigenvalue weighted by Crippen LogP contribution is 2.74. The number of rotatable bonds is 1. The predicted octanol–water partition coefficient (Wildman–Crippen LogP) is 2.58. The second-order valence-corrected chi connectivity index (χ2v) is 7.69. The van der Waals surface area contributed by atoms with Crippen LogP contribution >= 0.6 is 0 Å². The third-order valence-electron chi connectivity index (χ3n) is 6.90. The van der Waals surface area contributed by atoms with Crippen LogP contribution in [0.25, 0.3) is 0 Å². The van der Waals surface area contributed by atoms with Gasteiger partial charge in [-0.05, 0) is 48.3 Å². The van der Waals surface area contributed by atoms with Crippen LogP contribution in [0.15, 0.2) is 0 Å². The van der Waals surface area contributed by atoms with Crippen molar-refractivity contribution < 1.29 is 10.2 Å². The average molecular weight is 238 g/mol. The Labute approximate surface area is 104 Å². The molecule has 0 amide bonds. The van der Waals surface area contributed by atoms with Crippen LogP contribution in [0.5, 0.6) is 0 Å². The van der Waals surface area contributed by atoms with Gasteiger partial charge in [-0.25, -0.2) is 0 Å². The monoisotopic (exact) mass is 238 g/mol. The molecule has 0 heterocycles. The Bertz CT molecular complexity index is 338. The van der Waals surface area contributed by atoms with Crippen molar-refractivity contribution in [2.45, 2.75) is 59.0 Å². The van der Waals surface area contributed by atoms with Gasteiger partial charge in [-0.2, -0.15) is 0 Å². The second-order valence-electron chi connectivity index (χ2n) is 7.69. The highest BCUT2D eigenvalue weighted by Gasteiger charge is 2.72. The summed E-state index contributed by atoms with van der Waals surface area (Å²) in [5.41, 5.74) is 0.221. The van der Waals surface area contributed by atoms with Crippen LogP contribution in [0.3, 0.4) is 0 Å². The summed E-state index contributed by atoms with van der Waals surface area (Å²) in [6.07, 6.45) is 5.62. The molecule has 2 nitrogen and oxygen atoms in total. The molecular formula is C15H26O2. The third-order valence-corrected chi connectivity index (χ3v) is 6.90. The van der Waals surface area contributed by atoms with Gasteiger partial charge in [-0.1, -0.05) is 27.2 Å². The van der Waals surface area contributed by atoms with Crippen LogP contribution in [-0.2, 0) is 0 Å². The summed E-state index contributed by atoms with van der Waals surface area (Å²) >= 11 is 0. The van der Waals surface area contributed by atoms with Crippen LogP contribution in [0, 0.1) is 28.1 Å². The summed E-state index contributed by atoms with van der Waals surface area (Å²) in [7, 11) is 0. The summed E-state index contributed by atoms with van der Waals surface area (Å²) in [5, 5.41) is 20.7. The topological polar surface area (TPSA) is 40.5 Å². The lowest BCUT2D eigenvalue weighted by atomic mass is 9.62. The lowest BCUT2D eigenvalue weighted by Crippen LogP contribution is -2.48. The first-order chi connectivity index (χ1) is 7.89. The van der Waals surface area contributed by atoms with E-state index in [2.05, 4.69) is 20.8 Å². The molecule has 3 saturated carbocycles. The van der Waals surface area contributed by atoms with E-state index in [1.54, 1.807) is 0 Å². The van der Waals surface area contributed by atoms with Crippen molar-refractivity contribution >= 4 is 0 Å². The van der Waals surface area contributed by atoms with E-state index in [0.717, 1.165) is 6.42 Å². The van der Waals surface area contributed by atoms with Gasteiger partial charge >= 0.3 is 0 Å². The zero-order valence-corrected chi connectivity index (χ0v) is 11.4. The molecule has 0 spiro atoms. The first-order valence-electron chi connectivity index (χ1n) is 7.18. The van der Waals surface area contributed by atoms with E-state index in [1.807, 2.05) is 0 Å². The molecule has 98 valence electrons. The van der Waals surface area contributed by atoms with E-state index in [1.165, 1.54) is 25.7 Å². The SMILES string of the molecule is CC1(C)CCC[C@]2(C)[C@H]3CC[C@]2(CO)[C@@H](O)[C@H]31. The van der Waals surface area contributed by atoms with Crippen LogP contribution < -0.4 is 0 Å². The first-order valence-corrected chi connectivity index (χ1v) is 7.18. The maximum atomic E-state index is 10.8. The Morgan fingerprint density at radius 1 is 1.12 bits per heavy atom. The Morgan fingerprint density at radius 2 is 1.82 bits per heavy atom. The standard InChI is InChI=1S/C15H26O2/c1-13(2)6-4-7-14(3)10-5-8-15(14,9-16)12(17)11(10)13/h10-12,16-17H,4-9H2,1-3H3/t10-,11-,12-,14+,15-/m0/s1. The third kappa shape index (κ3) is 1.14. The van der Waals surface area contributed by atoms with E-state index in [-0.39, 0.29) is 29.0 Å². The van der Waals surface area contributed by atoms with Crippen molar-refractivity contribution in [1.29, 1.82) is 0 Å². The second kappa shape index (κ2) is 3.27. The molecule has 3 fully saturated rings. The van der Waals surface area contributed by atoms with Crippen molar-refractivity contribution in [3.8, 4) is 0 Å². The van der Waals surface area contributed by atoms with Crippen molar-refractivity contribution in [1.82, 2.24) is 0 Å². The Balaban J connectivity index is 2.13. The van der Waals surface area contributed by atoms with Gasteiger partial charge in [0.05, 0.1) is 12.7 Å². The van der Waals surface area contributed by atoms with Gasteiger partial charge in [0.2, 0.25) is 0 Å².